The van der Waals surface area contributed by atoms with E-state index in [1.165, 1.54) is 11.1 Å². The van der Waals surface area contributed by atoms with E-state index in [1.54, 1.807) is 24.3 Å². The molecule has 0 unspecified atom stereocenters. The van der Waals surface area contributed by atoms with E-state index in [0.717, 1.165) is 54.3 Å². The number of hydrogen-bond donors (Lipinski definition) is 2. The maximum Gasteiger partial charge on any atom is 0.274 e. The highest BCUT2D eigenvalue weighted by Crippen LogP contribution is 2.33. The Morgan fingerprint density at radius 1 is 1.27 bits per heavy atom. The standard InChI is InChI=1S/C24H22N6O2S/c1-15-10-16(12-25)13-26-22(15)24(31)27-17-2-4-20-19(11-17)23(29-28-20)21-5-3-18(33-21)14-30-6-8-32-9-7-30/h2-5,10-11,13H,6-9,14H2,1H3,(H,27,31)(H,28,29). The summed E-state index contributed by atoms with van der Waals surface area (Å²) in [7, 11) is 0. The first-order valence-electron chi connectivity index (χ1n) is 10.7. The van der Waals surface area contributed by atoms with Crippen LogP contribution in [-0.4, -0.2) is 52.3 Å². The molecule has 3 aromatic heterocycles. The Balaban J connectivity index is 1.37. The maximum atomic E-state index is 12.8. The number of aryl methyl sites for hydroxylation is 1. The summed E-state index contributed by atoms with van der Waals surface area (Å²) < 4.78 is 5.43. The van der Waals surface area contributed by atoms with Crippen LogP contribution in [0.25, 0.3) is 21.5 Å². The number of nitrogens with one attached hydrogen (secondary N) is 2. The minimum Gasteiger partial charge on any atom is -0.379 e. The van der Waals surface area contributed by atoms with Crippen LogP contribution >= 0.6 is 11.3 Å². The van der Waals surface area contributed by atoms with Crippen molar-refractivity contribution in [3.05, 3.63) is 64.3 Å². The van der Waals surface area contributed by atoms with Crippen LogP contribution in [0.4, 0.5) is 5.69 Å². The first-order chi connectivity index (χ1) is 16.1. The summed E-state index contributed by atoms with van der Waals surface area (Å²) in [6.45, 7) is 6.16. The fourth-order valence-corrected chi connectivity index (χ4v) is 4.97. The third-order valence-electron chi connectivity index (χ3n) is 5.62. The smallest absolute Gasteiger partial charge is 0.274 e. The van der Waals surface area contributed by atoms with Gasteiger partial charge in [-0.1, -0.05) is 0 Å². The lowest BCUT2D eigenvalue weighted by Gasteiger charge is -2.25. The third-order valence-corrected chi connectivity index (χ3v) is 6.70. The maximum absolute atomic E-state index is 12.8. The number of rotatable bonds is 5. The number of nitriles is 1. The molecule has 1 saturated heterocycles. The van der Waals surface area contributed by atoms with Gasteiger partial charge in [-0.3, -0.25) is 14.8 Å². The van der Waals surface area contributed by atoms with Crippen molar-refractivity contribution in [2.24, 2.45) is 0 Å². The van der Waals surface area contributed by atoms with E-state index in [1.807, 2.05) is 24.3 Å². The highest BCUT2D eigenvalue weighted by molar-refractivity contribution is 7.15. The van der Waals surface area contributed by atoms with Crippen LogP contribution in [0, 0.1) is 18.3 Å². The first-order valence-corrected chi connectivity index (χ1v) is 11.5. The molecule has 1 aliphatic rings. The first kappa shape index (κ1) is 21.3. The van der Waals surface area contributed by atoms with Crippen molar-refractivity contribution in [1.29, 1.82) is 5.26 Å². The van der Waals surface area contributed by atoms with Gasteiger partial charge in [-0.15, -0.1) is 11.3 Å². The normalized spacial score (nSPS) is 14.3. The van der Waals surface area contributed by atoms with Gasteiger partial charge in [0.05, 0.1) is 29.2 Å². The number of morpholine rings is 1. The van der Waals surface area contributed by atoms with E-state index in [4.69, 9.17) is 10.00 Å². The van der Waals surface area contributed by atoms with Gasteiger partial charge in [-0.2, -0.15) is 10.4 Å². The van der Waals surface area contributed by atoms with E-state index in [9.17, 15) is 4.79 Å². The lowest BCUT2D eigenvalue weighted by molar-refractivity contribution is 0.0346. The quantitative estimate of drug-likeness (QED) is 0.469. The second kappa shape index (κ2) is 9.11. The van der Waals surface area contributed by atoms with Gasteiger partial charge in [0, 0.05) is 41.8 Å². The largest absolute Gasteiger partial charge is 0.379 e. The fraction of sp³-hybridized carbons (Fsp3) is 0.250. The highest BCUT2D eigenvalue weighted by atomic mass is 32.1. The molecule has 0 radical (unpaired) electrons. The molecule has 33 heavy (non-hydrogen) atoms. The number of benzene rings is 1. The Bertz CT molecular complexity index is 1360. The topological polar surface area (TPSA) is 107 Å². The van der Waals surface area contributed by atoms with Gasteiger partial charge in [-0.05, 0) is 48.9 Å². The van der Waals surface area contributed by atoms with Gasteiger partial charge < -0.3 is 10.1 Å². The molecule has 2 N–H and O–H groups in total. The zero-order valence-corrected chi connectivity index (χ0v) is 18.9. The number of pyridine rings is 1. The van der Waals surface area contributed by atoms with Gasteiger partial charge in [-0.25, -0.2) is 4.98 Å². The summed E-state index contributed by atoms with van der Waals surface area (Å²) in [5.74, 6) is -0.315. The van der Waals surface area contributed by atoms with Crippen LogP contribution in [-0.2, 0) is 11.3 Å². The molecule has 0 spiro atoms. The average Bonchev–Trinajstić information content (AvgIpc) is 3.46. The Kier molecular flexibility index (Phi) is 5.88. The van der Waals surface area contributed by atoms with Gasteiger partial charge in [0.25, 0.3) is 5.91 Å². The van der Waals surface area contributed by atoms with E-state index < -0.39 is 0 Å². The Labute approximate surface area is 194 Å². The number of ether oxygens (including phenoxy) is 1. The van der Waals surface area contributed by atoms with Crippen molar-refractivity contribution in [3.8, 4) is 16.6 Å². The lowest BCUT2D eigenvalue weighted by atomic mass is 10.1. The SMILES string of the molecule is Cc1cc(C#N)cnc1C(=O)Nc1ccc2[nH]nc(-c3ccc(CN4CCOCC4)s3)c2c1. The summed E-state index contributed by atoms with van der Waals surface area (Å²) in [5.41, 5.74) is 3.81. The van der Waals surface area contributed by atoms with Gasteiger partial charge >= 0.3 is 0 Å². The second-order valence-corrected chi connectivity index (χ2v) is 9.11. The molecule has 4 aromatic rings. The van der Waals surface area contributed by atoms with Crippen LogP contribution in [0.15, 0.2) is 42.6 Å². The number of carbonyl (C=O) groups excluding carboxylic acids is 1. The van der Waals surface area contributed by atoms with Crippen molar-refractivity contribution in [2.75, 3.05) is 31.6 Å². The van der Waals surface area contributed by atoms with E-state index in [-0.39, 0.29) is 5.91 Å². The minimum atomic E-state index is -0.315. The molecule has 4 heterocycles. The van der Waals surface area contributed by atoms with E-state index in [0.29, 0.717) is 22.5 Å². The number of amides is 1. The zero-order chi connectivity index (χ0) is 22.8. The molecule has 9 heteroatoms. The van der Waals surface area contributed by atoms with Crippen LogP contribution in [0.2, 0.25) is 0 Å². The number of aromatic amines is 1. The molecule has 166 valence electrons. The zero-order valence-electron chi connectivity index (χ0n) is 18.1. The van der Waals surface area contributed by atoms with Crippen molar-refractivity contribution >= 4 is 33.8 Å². The van der Waals surface area contributed by atoms with Crippen molar-refractivity contribution in [3.63, 3.8) is 0 Å². The summed E-state index contributed by atoms with van der Waals surface area (Å²) >= 11 is 1.73. The summed E-state index contributed by atoms with van der Waals surface area (Å²) in [5, 5.41) is 20.5. The number of anilines is 1. The third kappa shape index (κ3) is 4.50. The monoisotopic (exact) mass is 458 g/mol. The van der Waals surface area contributed by atoms with E-state index >= 15 is 0 Å². The predicted molar refractivity (Wildman–Crippen MR) is 127 cm³/mol. The Hall–Kier alpha value is -3.58. The summed E-state index contributed by atoms with van der Waals surface area (Å²) in [6.07, 6.45) is 1.41. The molecule has 0 bridgehead atoms. The summed E-state index contributed by atoms with van der Waals surface area (Å²) in [6, 6.07) is 13.6. The van der Waals surface area contributed by atoms with Gasteiger partial charge in [0.15, 0.2) is 0 Å². The highest BCUT2D eigenvalue weighted by Gasteiger charge is 2.16. The van der Waals surface area contributed by atoms with Crippen LogP contribution in [0.3, 0.4) is 0 Å². The van der Waals surface area contributed by atoms with Crippen LogP contribution in [0.5, 0.6) is 0 Å². The number of thiophene rings is 1. The molecule has 0 saturated carbocycles. The Morgan fingerprint density at radius 2 is 2.12 bits per heavy atom. The molecule has 1 aliphatic heterocycles. The summed E-state index contributed by atoms with van der Waals surface area (Å²) in [4.78, 5) is 21.7. The van der Waals surface area contributed by atoms with Crippen molar-refractivity contribution in [1.82, 2.24) is 20.1 Å². The average molecular weight is 459 g/mol. The molecular formula is C24H22N6O2S. The predicted octanol–water partition coefficient (Wildman–Crippen LogP) is 3.95. The number of fused-ring (bicyclic) bond motifs is 1. The number of carbonyl (C=O) groups is 1. The number of hydrogen-bond acceptors (Lipinski definition) is 7. The number of nitrogens with zero attached hydrogens (tertiary/aromatic N) is 4. The second-order valence-electron chi connectivity index (χ2n) is 7.94. The molecule has 1 amide bonds. The van der Waals surface area contributed by atoms with E-state index in [2.05, 4.69) is 37.5 Å². The molecule has 1 aromatic carbocycles. The molecule has 5 rings (SSSR count). The molecule has 0 aliphatic carbocycles. The number of aromatic nitrogens is 3. The number of H-pyrrole nitrogens is 1. The van der Waals surface area contributed by atoms with Crippen LogP contribution < -0.4 is 5.32 Å². The molecule has 0 atom stereocenters. The molecular weight excluding hydrogens is 436 g/mol. The lowest BCUT2D eigenvalue weighted by Crippen LogP contribution is -2.35. The molecule has 1 fully saturated rings. The molecule has 8 nitrogen and oxygen atoms in total. The van der Waals surface area contributed by atoms with Gasteiger partial charge in [0.1, 0.15) is 17.5 Å². The fourth-order valence-electron chi connectivity index (χ4n) is 3.91. The van der Waals surface area contributed by atoms with Gasteiger partial charge in [0.2, 0.25) is 0 Å². The van der Waals surface area contributed by atoms with Crippen molar-refractivity contribution in [2.45, 2.75) is 13.5 Å². The van der Waals surface area contributed by atoms with Crippen molar-refractivity contribution < 1.29 is 9.53 Å². The Morgan fingerprint density at radius 3 is 2.91 bits per heavy atom. The minimum absolute atomic E-state index is 0.299. The van der Waals surface area contributed by atoms with Crippen LogP contribution in [0.1, 0.15) is 26.5 Å².